The summed E-state index contributed by atoms with van der Waals surface area (Å²) in [5.41, 5.74) is 0.738. The number of carbonyl (C=O) groups is 1. The summed E-state index contributed by atoms with van der Waals surface area (Å²) in [5, 5.41) is 19.9. The minimum atomic E-state index is -1.46. The first-order valence-electron chi connectivity index (χ1n) is 6.26. The van der Waals surface area contributed by atoms with E-state index >= 15 is 0 Å². The van der Waals surface area contributed by atoms with E-state index in [0.717, 1.165) is 10.9 Å². The molecule has 3 aromatic rings. The molecule has 0 spiro atoms. The van der Waals surface area contributed by atoms with Crippen molar-refractivity contribution in [2.24, 2.45) is 0 Å². The smallest absolute Gasteiger partial charge is 0.345 e. The first-order valence-corrected chi connectivity index (χ1v) is 6.26. The zero-order valence-electron chi connectivity index (χ0n) is 11.1. The van der Waals surface area contributed by atoms with E-state index in [9.17, 15) is 14.7 Å². The summed E-state index contributed by atoms with van der Waals surface area (Å²) < 4.78 is 0. The average Bonchev–Trinajstić information content (AvgIpc) is 2.91. The van der Waals surface area contributed by atoms with Crippen LogP contribution >= 0.6 is 0 Å². The summed E-state index contributed by atoms with van der Waals surface area (Å²) in [6.07, 6.45) is 1.77. The summed E-state index contributed by atoms with van der Waals surface area (Å²) in [4.78, 5) is 28.5. The van der Waals surface area contributed by atoms with Gasteiger partial charge in [0, 0.05) is 22.7 Å². The fraction of sp³-hybridized carbons (Fsp3) is 0.0667. The minimum Gasteiger partial charge on any atom is -0.506 e. The zero-order chi connectivity index (χ0) is 15.1. The van der Waals surface area contributed by atoms with Crippen LogP contribution < -0.4 is 5.56 Å². The molecule has 6 heteroatoms. The number of carboxylic acid groups (broad SMARTS) is 1. The molecule has 2 heterocycles. The molecule has 0 aliphatic carbocycles. The second-order valence-electron chi connectivity index (χ2n) is 4.73. The van der Waals surface area contributed by atoms with Crippen LogP contribution in [0.15, 0.2) is 35.3 Å². The summed E-state index contributed by atoms with van der Waals surface area (Å²) in [5.74, 6) is -1.97. The average molecular weight is 284 g/mol. The summed E-state index contributed by atoms with van der Waals surface area (Å²) in [6, 6.07) is 7.41. The number of carboxylic acids is 1. The number of para-hydroxylation sites is 1. The van der Waals surface area contributed by atoms with Crippen LogP contribution in [0.3, 0.4) is 0 Å². The van der Waals surface area contributed by atoms with Crippen molar-refractivity contribution in [1.82, 2.24) is 9.97 Å². The van der Waals surface area contributed by atoms with Crippen LogP contribution in [0.2, 0.25) is 0 Å². The van der Waals surface area contributed by atoms with Gasteiger partial charge in [-0.25, -0.2) is 4.79 Å². The molecule has 106 valence electrons. The normalized spacial score (nSPS) is 10.9. The van der Waals surface area contributed by atoms with Crippen molar-refractivity contribution >= 4 is 16.9 Å². The van der Waals surface area contributed by atoms with Crippen LogP contribution in [0.4, 0.5) is 0 Å². The van der Waals surface area contributed by atoms with Gasteiger partial charge < -0.3 is 20.2 Å². The van der Waals surface area contributed by atoms with E-state index in [1.165, 1.54) is 0 Å². The molecule has 4 N–H and O–H groups in total. The van der Waals surface area contributed by atoms with Crippen molar-refractivity contribution in [3.63, 3.8) is 0 Å². The highest BCUT2D eigenvalue weighted by molar-refractivity contribution is 5.96. The van der Waals surface area contributed by atoms with E-state index in [1.54, 1.807) is 19.2 Å². The SMILES string of the molecule is Cc1c(-c2cccc3cc[nH]c23)[nH]c(=O)c(C(=O)O)c1O. The van der Waals surface area contributed by atoms with Crippen molar-refractivity contribution < 1.29 is 15.0 Å². The Morgan fingerprint density at radius 3 is 2.71 bits per heavy atom. The lowest BCUT2D eigenvalue weighted by Crippen LogP contribution is -2.19. The lowest BCUT2D eigenvalue weighted by atomic mass is 10.0. The van der Waals surface area contributed by atoms with Crippen molar-refractivity contribution in [3.8, 4) is 17.0 Å². The fourth-order valence-electron chi connectivity index (χ4n) is 2.44. The van der Waals surface area contributed by atoms with Gasteiger partial charge in [0.1, 0.15) is 5.75 Å². The monoisotopic (exact) mass is 284 g/mol. The standard InChI is InChI=1S/C15H12N2O4/c1-7-11(17-14(19)10(13(7)18)15(20)21)9-4-2-3-8-5-6-16-12(8)9/h2-6,16H,1H3,(H,20,21)(H2,17,18,19). The highest BCUT2D eigenvalue weighted by Gasteiger charge is 2.21. The first kappa shape index (κ1) is 13.0. The van der Waals surface area contributed by atoms with Gasteiger partial charge in [-0.2, -0.15) is 0 Å². The van der Waals surface area contributed by atoms with E-state index in [-0.39, 0.29) is 0 Å². The number of aromatic nitrogens is 2. The predicted molar refractivity (Wildman–Crippen MR) is 77.7 cm³/mol. The molecular weight excluding hydrogens is 272 g/mol. The second kappa shape index (κ2) is 4.52. The zero-order valence-corrected chi connectivity index (χ0v) is 11.1. The summed E-state index contributed by atoms with van der Waals surface area (Å²) in [7, 11) is 0. The van der Waals surface area contributed by atoms with E-state index in [2.05, 4.69) is 9.97 Å². The summed E-state index contributed by atoms with van der Waals surface area (Å²) in [6.45, 7) is 1.56. The Morgan fingerprint density at radius 1 is 1.24 bits per heavy atom. The molecule has 0 bridgehead atoms. The molecule has 0 atom stereocenters. The number of hydrogen-bond donors (Lipinski definition) is 4. The maximum absolute atomic E-state index is 11.9. The Labute approximate surface area is 118 Å². The molecule has 0 unspecified atom stereocenters. The van der Waals surface area contributed by atoms with Crippen molar-refractivity contribution in [2.75, 3.05) is 0 Å². The first-order chi connectivity index (χ1) is 10.0. The molecule has 0 saturated carbocycles. The molecule has 0 amide bonds. The minimum absolute atomic E-state index is 0.314. The molecular formula is C15H12N2O4. The number of pyridine rings is 1. The molecule has 0 saturated heterocycles. The molecule has 21 heavy (non-hydrogen) atoms. The van der Waals surface area contributed by atoms with Crippen LogP contribution in [0, 0.1) is 6.92 Å². The number of nitrogens with one attached hydrogen (secondary N) is 2. The molecule has 3 rings (SSSR count). The largest absolute Gasteiger partial charge is 0.506 e. The third-order valence-electron chi connectivity index (χ3n) is 3.50. The van der Waals surface area contributed by atoms with Gasteiger partial charge >= 0.3 is 5.97 Å². The van der Waals surface area contributed by atoms with Gasteiger partial charge in [0.25, 0.3) is 5.56 Å². The maximum Gasteiger partial charge on any atom is 0.345 e. The number of hydrogen-bond acceptors (Lipinski definition) is 3. The van der Waals surface area contributed by atoms with Gasteiger partial charge in [0.05, 0.1) is 11.2 Å². The lowest BCUT2D eigenvalue weighted by Gasteiger charge is -2.10. The van der Waals surface area contributed by atoms with Crippen molar-refractivity contribution in [1.29, 1.82) is 0 Å². The molecule has 0 fully saturated rings. The number of aromatic carboxylic acids is 1. The van der Waals surface area contributed by atoms with Crippen molar-refractivity contribution in [2.45, 2.75) is 6.92 Å². The predicted octanol–water partition coefficient (Wildman–Crippen LogP) is 2.24. The van der Waals surface area contributed by atoms with Gasteiger partial charge in [-0.05, 0) is 13.0 Å². The quantitative estimate of drug-likeness (QED) is 0.579. The lowest BCUT2D eigenvalue weighted by molar-refractivity contribution is 0.0691. The Bertz CT molecular complexity index is 921. The van der Waals surface area contributed by atoms with Crippen LogP contribution in [0.5, 0.6) is 5.75 Å². The number of rotatable bonds is 2. The Hall–Kier alpha value is -3.02. The highest BCUT2D eigenvalue weighted by Crippen LogP contribution is 2.32. The topological polar surface area (TPSA) is 106 Å². The van der Waals surface area contributed by atoms with Crippen LogP contribution in [0.1, 0.15) is 15.9 Å². The maximum atomic E-state index is 11.9. The van der Waals surface area contributed by atoms with Gasteiger partial charge in [0.15, 0.2) is 5.56 Å². The number of aromatic hydroxyl groups is 1. The number of fused-ring (bicyclic) bond motifs is 1. The van der Waals surface area contributed by atoms with Crippen LogP contribution in [-0.2, 0) is 0 Å². The molecule has 1 aromatic carbocycles. The van der Waals surface area contributed by atoms with E-state index in [0.29, 0.717) is 16.8 Å². The van der Waals surface area contributed by atoms with Gasteiger partial charge in [-0.3, -0.25) is 4.79 Å². The number of H-pyrrole nitrogens is 2. The molecule has 2 aromatic heterocycles. The Morgan fingerprint density at radius 2 is 2.00 bits per heavy atom. The second-order valence-corrected chi connectivity index (χ2v) is 4.73. The highest BCUT2D eigenvalue weighted by atomic mass is 16.4. The molecule has 6 nitrogen and oxygen atoms in total. The molecule has 0 radical (unpaired) electrons. The van der Waals surface area contributed by atoms with E-state index in [4.69, 9.17) is 5.11 Å². The van der Waals surface area contributed by atoms with Crippen molar-refractivity contribution in [3.05, 3.63) is 51.9 Å². The van der Waals surface area contributed by atoms with E-state index < -0.39 is 22.8 Å². The number of benzene rings is 1. The van der Waals surface area contributed by atoms with Crippen LogP contribution in [0.25, 0.3) is 22.2 Å². The van der Waals surface area contributed by atoms with E-state index in [1.807, 2.05) is 18.2 Å². The number of aromatic amines is 2. The molecule has 0 aliphatic rings. The van der Waals surface area contributed by atoms with Gasteiger partial charge in [-0.15, -0.1) is 0 Å². The van der Waals surface area contributed by atoms with Gasteiger partial charge in [0.2, 0.25) is 0 Å². The third kappa shape index (κ3) is 1.88. The molecule has 0 aliphatic heterocycles. The Kier molecular flexibility index (Phi) is 2.79. The summed E-state index contributed by atoms with van der Waals surface area (Å²) >= 11 is 0. The van der Waals surface area contributed by atoms with Gasteiger partial charge in [-0.1, -0.05) is 18.2 Å². The Balaban J connectivity index is 2.37. The fourth-order valence-corrected chi connectivity index (χ4v) is 2.44. The van der Waals surface area contributed by atoms with Crippen LogP contribution in [-0.4, -0.2) is 26.2 Å². The third-order valence-corrected chi connectivity index (χ3v) is 3.50.